The summed E-state index contributed by atoms with van der Waals surface area (Å²) in [7, 11) is 0. The molecule has 0 aromatic heterocycles. The first-order valence-corrected chi connectivity index (χ1v) is 8.32. The molecule has 3 heteroatoms. The lowest BCUT2D eigenvalue weighted by Gasteiger charge is -2.25. The molecule has 1 heterocycles. The van der Waals surface area contributed by atoms with Crippen LogP contribution in [0.4, 0.5) is 5.69 Å². The van der Waals surface area contributed by atoms with Crippen molar-refractivity contribution >= 4 is 21.6 Å². The van der Waals surface area contributed by atoms with Gasteiger partial charge in [-0.25, -0.2) is 0 Å². The van der Waals surface area contributed by atoms with Crippen LogP contribution in [0.5, 0.6) is 0 Å². The number of hydrogen-bond donors (Lipinski definition) is 1. The number of nitrogens with one attached hydrogen (secondary N) is 1. The van der Waals surface area contributed by atoms with Gasteiger partial charge in [-0.15, -0.1) is 0 Å². The summed E-state index contributed by atoms with van der Waals surface area (Å²) >= 11 is 3.74. The van der Waals surface area contributed by atoms with E-state index in [4.69, 9.17) is 0 Å². The van der Waals surface area contributed by atoms with Crippen molar-refractivity contribution in [3.8, 4) is 0 Å². The molecule has 0 saturated carbocycles. The first-order chi connectivity index (χ1) is 9.26. The van der Waals surface area contributed by atoms with Crippen LogP contribution in [0.3, 0.4) is 0 Å². The highest BCUT2D eigenvalue weighted by molar-refractivity contribution is 9.10. The minimum Gasteiger partial charge on any atom is -0.370 e. The van der Waals surface area contributed by atoms with Crippen LogP contribution in [0.2, 0.25) is 0 Å². The van der Waals surface area contributed by atoms with E-state index in [9.17, 15) is 0 Å². The Morgan fingerprint density at radius 1 is 1.30 bits per heavy atom. The van der Waals surface area contributed by atoms with Gasteiger partial charge in [0.25, 0.3) is 0 Å². The second-order valence-electron chi connectivity index (χ2n) is 7.14. The molecule has 1 unspecified atom stereocenters. The molecule has 112 valence electrons. The van der Waals surface area contributed by atoms with Crippen LogP contribution in [0.25, 0.3) is 0 Å². The average molecular weight is 339 g/mol. The van der Waals surface area contributed by atoms with E-state index in [0.29, 0.717) is 0 Å². The molecular formula is C17H27BrN2. The van der Waals surface area contributed by atoms with Gasteiger partial charge in [-0.3, -0.25) is 0 Å². The number of anilines is 1. The van der Waals surface area contributed by atoms with Crippen molar-refractivity contribution in [2.45, 2.75) is 46.6 Å². The highest BCUT2D eigenvalue weighted by atomic mass is 79.9. The fourth-order valence-corrected chi connectivity index (χ4v) is 3.89. The zero-order valence-electron chi connectivity index (χ0n) is 13.4. The van der Waals surface area contributed by atoms with Crippen molar-refractivity contribution in [2.24, 2.45) is 5.92 Å². The number of halogens is 1. The van der Waals surface area contributed by atoms with Crippen LogP contribution in [0.1, 0.15) is 38.3 Å². The minimum atomic E-state index is 0.216. The molecule has 1 atom stereocenters. The van der Waals surface area contributed by atoms with E-state index >= 15 is 0 Å². The predicted molar refractivity (Wildman–Crippen MR) is 91.7 cm³/mol. The lowest BCUT2D eigenvalue weighted by atomic mass is 10.1. The van der Waals surface area contributed by atoms with Gasteiger partial charge < -0.3 is 10.2 Å². The Balaban J connectivity index is 2.03. The van der Waals surface area contributed by atoms with Crippen LogP contribution in [0.15, 0.2) is 16.6 Å². The lowest BCUT2D eigenvalue weighted by Crippen LogP contribution is -2.39. The Labute approximate surface area is 132 Å². The normalized spacial score (nSPS) is 19.7. The van der Waals surface area contributed by atoms with E-state index in [1.807, 2.05) is 0 Å². The van der Waals surface area contributed by atoms with Gasteiger partial charge in [0, 0.05) is 29.6 Å². The molecule has 0 bridgehead atoms. The first kappa shape index (κ1) is 15.8. The van der Waals surface area contributed by atoms with E-state index in [-0.39, 0.29) is 5.54 Å². The number of nitrogens with zero attached hydrogens (tertiary/aromatic N) is 1. The van der Waals surface area contributed by atoms with Gasteiger partial charge in [0.05, 0.1) is 5.69 Å². The largest absolute Gasteiger partial charge is 0.370 e. The van der Waals surface area contributed by atoms with E-state index < -0.39 is 0 Å². The summed E-state index contributed by atoms with van der Waals surface area (Å²) in [4.78, 5) is 2.54. The van der Waals surface area contributed by atoms with Crippen molar-refractivity contribution in [3.63, 3.8) is 0 Å². The monoisotopic (exact) mass is 338 g/mol. The maximum atomic E-state index is 3.74. The fraction of sp³-hybridized carbons (Fsp3) is 0.647. The third-order valence-electron chi connectivity index (χ3n) is 3.92. The van der Waals surface area contributed by atoms with Gasteiger partial charge in [-0.2, -0.15) is 0 Å². The molecule has 0 aliphatic carbocycles. The standard InChI is InChI=1S/C17H27BrN2/c1-12-8-13(2)16(15(18)9-12)20-7-6-14(11-20)10-19-17(3,4)5/h8-9,14,19H,6-7,10-11H2,1-5H3. The molecule has 0 radical (unpaired) electrons. The maximum Gasteiger partial charge on any atom is 0.0540 e. The van der Waals surface area contributed by atoms with Gasteiger partial charge in [-0.05, 0) is 80.1 Å². The smallest absolute Gasteiger partial charge is 0.0540 e. The summed E-state index contributed by atoms with van der Waals surface area (Å²) in [6.45, 7) is 14.5. The van der Waals surface area contributed by atoms with Crippen molar-refractivity contribution in [1.82, 2.24) is 5.32 Å². The zero-order chi connectivity index (χ0) is 14.9. The van der Waals surface area contributed by atoms with E-state index in [1.165, 1.54) is 34.3 Å². The minimum absolute atomic E-state index is 0.216. The van der Waals surface area contributed by atoms with E-state index in [0.717, 1.165) is 19.0 Å². The second kappa shape index (κ2) is 6.07. The number of aryl methyl sites for hydroxylation is 2. The zero-order valence-corrected chi connectivity index (χ0v) is 15.0. The molecule has 1 fully saturated rings. The van der Waals surface area contributed by atoms with Crippen LogP contribution in [-0.2, 0) is 0 Å². The Morgan fingerprint density at radius 2 is 2.00 bits per heavy atom. The maximum absolute atomic E-state index is 3.74. The Kier molecular flexibility index (Phi) is 4.80. The molecule has 2 nitrogen and oxygen atoms in total. The van der Waals surface area contributed by atoms with Gasteiger partial charge >= 0.3 is 0 Å². The summed E-state index contributed by atoms with van der Waals surface area (Å²) < 4.78 is 1.24. The van der Waals surface area contributed by atoms with Crippen molar-refractivity contribution in [2.75, 3.05) is 24.5 Å². The van der Waals surface area contributed by atoms with Crippen LogP contribution in [-0.4, -0.2) is 25.2 Å². The third kappa shape index (κ3) is 3.98. The van der Waals surface area contributed by atoms with Crippen molar-refractivity contribution in [3.05, 3.63) is 27.7 Å². The topological polar surface area (TPSA) is 15.3 Å². The SMILES string of the molecule is Cc1cc(C)c(N2CCC(CNC(C)(C)C)C2)c(Br)c1. The molecule has 1 saturated heterocycles. The summed E-state index contributed by atoms with van der Waals surface area (Å²) in [5.41, 5.74) is 4.30. The third-order valence-corrected chi connectivity index (χ3v) is 4.53. The molecule has 1 aliphatic rings. The quantitative estimate of drug-likeness (QED) is 0.884. The van der Waals surface area contributed by atoms with Crippen LogP contribution in [0, 0.1) is 19.8 Å². The predicted octanol–water partition coefficient (Wildman–Crippen LogP) is 4.28. The Bertz CT molecular complexity index is 453. The second-order valence-corrected chi connectivity index (χ2v) is 8.00. The molecule has 20 heavy (non-hydrogen) atoms. The molecule has 0 spiro atoms. The average Bonchev–Trinajstić information content (AvgIpc) is 2.72. The first-order valence-electron chi connectivity index (χ1n) is 7.53. The summed E-state index contributed by atoms with van der Waals surface area (Å²) in [5.74, 6) is 0.752. The van der Waals surface area contributed by atoms with Crippen molar-refractivity contribution < 1.29 is 0 Å². The van der Waals surface area contributed by atoms with E-state index in [2.05, 4.69) is 72.9 Å². The van der Waals surface area contributed by atoms with Crippen LogP contribution < -0.4 is 10.2 Å². The summed E-state index contributed by atoms with van der Waals surface area (Å²) in [6, 6.07) is 4.50. The lowest BCUT2D eigenvalue weighted by molar-refractivity contribution is 0.383. The highest BCUT2D eigenvalue weighted by Crippen LogP contribution is 2.34. The highest BCUT2D eigenvalue weighted by Gasteiger charge is 2.26. The van der Waals surface area contributed by atoms with Gasteiger partial charge in [-0.1, -0.05) is 6.07 Å². The van der Waals surface area contributed by atoms with Gasteiger partial charge in [0.1, 0.15) is 0 Å². The van der Waals surface area contributed by atoms with Gasteiger partial charge in [0.2, 0.25) is 0 Å². The number of benzene rings is 1. The van der Waals surface area contributed by atoms with E-state index in [1.54, 1.807) is 0 Å². The summed E-state index contributed by atoms with van der Waals surface area (Å²) in [5, 5.41) is 3.64. The molecule has 0 amide bonds. The number of rotatable bonds is 3. The Morgan fingerprint density at radius 3 is 2.60 bits per heavy atom. The number of hydrogen-bond acceptors (Lipinski definition) is 2. The molecular weight excluding hydrogens is 312 g/mol. The van der Waals surface area contributed by atoms with Crippen LogP contribution >= 0.6 is 15.9 Å². The molecule has 1 N–H and O–H groups in total. The van der Waals surface area contributed by atoms with Crippen molar-refractivity contribution in [1.29, 1.82) is 0 Å². The molecule has 1 aromatic carbocycles. The Hall–Kier alpha value is -0.540. The fourth-order valence-electron chi connectivity index (χ4n) is 2.96. The molecule has 2 rings (SSSR count). The molecule has 1 aliphatic heterocycles. The summed E-state index contributed by atoms with van der Waals surface area (Å²) in [6.07, 6.45) is 1.28. The van der Waals surface area contributed by atoms with Gasteiger partial charge in [0.15, 0.2) is 0 Å². The molecule has 1 aromatic rings.